The number of aliphatic carboxylic acids is 1. The van der Waals surface area contributed by atoms with Crippen LogP contribution in [0.25, 0.3) is 0 Å². The minimum absolute atomic E-state index is 0.0888. The zero-order chi connectivity index (χ0) is 14.1. The van der Waals surface area contributed by atoms with E-state index in [4.69, 9.17) is 5.11 Å². The molecule has 0 radical (unpaired) electrons. The number of unbranched alkanes of at least 4 members (excludes halogenated alkanes) is 3. The predicted octanol–water partition coefficient (Wildman–Crippen LogP) is 2.88. The number of carbonyl (C=O) groups is 2. The van der Waals surface area contributed by atoms with Crippen molar-refractivity contribution in [1.82, 2.24) is 5.32 Å². The van der Waals surface area contributed by atoms with Crippen LogP contribution in [-0.2, 0) is 9.59 Å². The Kier molecular flexibility index (Phi) is 8.08. The molecule has 4 nitrogen and oxygen atoms in total. The maximum atomic E-state index is 11.8. The normalized spacial score (nSPS) is 13.8. The number of hydrogen-bond acceptors (Lipinski definition) is 2. The minimum atomic E-state index is -1.04. The Balaban J connectivity index is 4.15. The first kappa shape index (κ1) is 16.7. The van der Waals surface area contributed by atoms with E-state index in [1.54, 1.807) is 6.92 Å². The fourth-order valence-corrected chi connectivity index (χ4v) is 1.61. The van der Waals surface area contributed by atoms with Crippen molar-refractivity contribution in [3.05, 3.63) is 11.1 Å². The second-order valence-electron chi connectivity index (χ2n) is 4.78. The van der Waals surface area contributed by atoms with Crippen molar-refractivity contribution in [3.8, 4) is 0 Å². The number of hydrogen-bond donors (Lipinski definition) is 2. The highest BCUT2D eigenvalue weighted by molar-refractivity contribution is 6.01. The number of rotatable bonds is 8. The molecule has 0 rings (SSSR count). The highest BCUT2D eigenvalue weighted by Crippen LogP contribution is 2.08. The molecule has 1 unspecified atom stereocenters. The van der Waals surface area contributed by atoms with E-state index in [2.05, 4.69) is 12.2 Å². The predicted molar refractivity (Wildman–Crippen MR) is 72.4 cm³/mol. The molecule has 0 spiro atoms. The summed E-state index contributed by atoms with van der Waals surface area (Å²) in [5.74, 6) is -1.32. The molecule has 0 aromatic carbocycles. The zero-order valence-electron chi connectivity index (χ0n) is 11.9. The SMILES string of the molecule is CCCCCCC(C)NC(=O)C(C)=C(C)C(=O)O. The molecule has 0 aliphatic carbocycles. The first-order valence-electron chi connectivity index (χ1n) is 6.61. The molecule has 1 amide bonds. The highest BCUT2D eigenvalue weighted by Gasteiger charge is 2.14. The number of nitrogens with one attached hydrogen (secondary N) is 1. The second-order valence-corrected chi connectivity index (χ2v) is 4.78. The van der Waals surface area contributed by atoms with Crippen LogP contribution in [0.15, 0.2) is 11.1 Å². The molecule has 0 aliphatic rings. The third-order valence-corrected chi connectivity index (χ3v) is 3.09. The maximum absolute atomic E-state index is 11.8. The van der Waals surface area contributed by atoms with E-state index < -0.39 is 5.97 Å². The van der Waals surface area contributed by atoms with Gasteiger partial charge in [0.2, 0.25) is 5.91 Å². The fourth-order valence-electron chi connectivity index (χ4n) is 1.61. The van der Waals surface area contributed by atoms with Crippen molar-refractivity contribution < 1.29 is 14.7 Å². The Bertz CT molecular complexity index is 321. The Morgan fingerprint density at radius 1 is 1.11 bits per heavy atom. The van der Waals surface area contributed by atoms with Gasteiger partial charge in [-0.15, -0.1) is 0 Å². The molecule has 4 heteroatoms. The van der Waals surface area contributed by atoms with Crippen LogP contribution in [0.2, 0.25) is 0 Å². The van der Waals surface area contributed by atoms with Crippen LogP contribution in [0.4, 0.5) is 0 Å². The average molecular weight is 255 g/mol. The third kappa shape index (κ3) is 6.42. The summed E-state index contributed by atoms with van der Waals surface area (Å²) in [6.45, 7) is 7.10. The smallest absolute Gasteiger partial charge is 0.331 e. The molecule has 0 aromatic heterocycles. The lowest BCUT2D eigenvalue weighted by molar-refractivity contribution is -0.133. The summed E-state index contributed by atoms with van der Waals surface area (Å²) in [6.07, 6.45) is 5.62. The van der Waals surface area contributed by atoms with E-state index in [9.17, 15) is 9.59 Å². The van der Waals surface area contributed by atoms with Crippen molar-refractivity contribution in [2.45, 2.75) is 65.8 Å². The van der Waals surface area contributed by atoms with Crippen molar-refractivity contribution in [3.63, 3.8) is 0 Å². The van der Waals surface area contributed by atoms with Gasteiger partial charge in [0.1, 0.15) is 0 Å². The Hall–Kier alpha value is -1.32. The first-order valence-corrected chi connectivity index (χ1v) is 6.61. The molecular formula is C14H25NO3. The summed E-state index contributed by atoms with van der Waals surface area (Å²) in [7, 11) is 0. The van der Waals surface area contributed by atoms with Crippen LogP contribution < -0.4 is 5.32 Å². The molecule has 0 heterocycles. The summed E-state index contributed by atoms with van der Waals surface area (Å²) in [4.78, 5) is 22.5. The molecule has 104 valence electrons. The number of amides is 1. The van der Waals surface area contributed by atoms with Gasteiger partial charge in [-0.05, 0) is 27.2 Å². The van der Waals surface area contributed by atoms with Crippen LogP contribution >= 0.6 is 0 Å². The van der Waals surface area contributed by atoms with E-state index in [0.29, 0.717) is 0 Å². The lowest BCUT2D eigenvalue weighted by Crippen LogP contribution is -2.33. The van der Waals surface area contributed by atoms with Crippen molar-refractivity contribution in [2.75, 3.05) is 0 Å². The molecule has 0 bridgehead atoms. The molecule has 0 fully saturated rings. The standard InChI is InChI=1S/C14H25NO3/c1-5-6-7-8-9-10(2)15-13(16)11(3)12(4)14(17)18/h10H,5-9H2,1-4H3,(H,15,16)(H,17,18). The Morgan fingerprint density at radius 3 is 2.22 bits per heavy atom. The van der Waals surface area contributed by atoms with Crippen LogP contribution in [0, 0.1) is 0 Å². The third-order valence-electron chi connectivity index (χ3n) is 3.09. The van der Waals surface area contributed by atoms with Crippen LogP contribution in [0.1, 0.15) is 59.8 Å². The van der Waals surface area contributed by atoms with Crippen LogP contribution in [0.3, 0.4) is 0 Å². The van der Waals surface area contributed by atoms with Gasteiger partial charge in [0, 0.05) is 17.2 Å². The van der Waals surface area contributed by atoms with E-state index >= 15 is 0 Å². The molecule has 0 saturated carbocycles. The number of carbonyl (C=O) groups excluding carboxylic acids is 1. The largest absolute Gasteiger partial charge is 0.478 e. The summed E-state index contributed by atoms with van der Waals surface area (Å²) in [6, 6.07) is 0.0888. The van der Waals surface area contributed by atoms with Gasteiger partial charge in [-0.3, -0.25) is 4.79 Å². The van der Waals surface area contributed by atoms with E-state index in [-0.39, 0.29) is 23.1 Å². The molecular weight excluding hydrogens is 230 g/mol. The number of carboxylic acid groups (broad SMARTS) is 1. The molecule has 0 saturated heterocycles. The van der Waals surface area contributed by atoms with E-state index in [0.717, 1.165) is 12.8 Å². The van der Waals surface area contributed by atoms with Gasteiger partial charge in [0.05, 0.1) is 0 Å². The lowest BCUT2D eigenvalue weighted by atomic mass is 10.1. The van der Waals surface area contributed by atoms with Crippen molar-refractivity contribution in [2.24, 2.45) is 0 Å². The lowest BCUT2D eigenvalue weighted by Gasteiger charge is -2.14. The monoisotopic (exact) mass is 255 g/mol. The van der Waals surface area contributed by atoms with Gasteiger partial charge in [-0.25, -0.2) is 4.79 Å². The van der Waals surface area contributed by atoms with E-state index in [1.165, 1.54) is 26.2 Å². The van der Waals surface area contributed by atoms with Crippen molar-refractivity contribution >= 4 is 11.9 Å². The summed E-state index contributed by atoms with van der Waals surface area (Å²) >= 11 is 0. The zero-order valence-corrected chi connectivity index (χ0v) is 11.9. The average Bonchev–Trinajstić information content (AvgIpc) is 2.32. The molecule has 1 atom stereocenters. The molecule has 0 aromatic rings. The summed E-state index contributed by atoms with van der Waals surface area (Å²) < 4.78 is 0. The molecule has 18 heavy (non-hydrogen) atoms. The minimum Gasteiger partial charge on any atom is -0.478 e. The van der Waals surface area contributed by atoms with Gasteiger partial charge in [0.25, 0.3) is 0 Å². The van der Waals surface area contributed by atoms with Gasteiger partial charge in [0.15, 0.2) is 0 Å². The topological polar surface area (TPSA) is 66.4 Å². The second kappa shape index (κ2) is 8.72. The van der Waals surface area contributed by atoms with E-state index in [1.807, 2.05) is 6.92 Å². The van der Waals surface area contributed by atoms with Gasteiger partial charge < -0.3 is 10.4 Å². The number of carboxylic acids is 1. The van der Waals surface area contributed by atoms with Gasteiger partial charge in [-0.1, -0.05) is 32.6 Å². The summed E-state index contributed by atoms with van der Waals surface area (Å²) in [5, 5.41) is 11.6. The van der Waals surface area contributed by atoms with Crippen molar-refractivity contribution in [1.29, 1.82) is 0 Å². The first-order chi connectivity index (χ1) is 8.40. The van der Waals surface area contributed by atoms with Crippen LogP contribution in [0.5, 0.6) is 0 Å². The van der Waals surface area contributed by atoms with Gasteiger partial charge in [-0.2, -0.15) is 0 Å². The Labute approximate surface area is 109 Å². The quantitative estimate of drug-likeness (QED) is 0.517. The fraction of sp³-hybridized carbons (Fsp3) is 0.714. The maximum Gasteiger partial charge on any atom is 0.331 e. The molecule has 2 N–H and O–H groups in total. The summed E-state index contributed by atoms with van der Waals surface area (Å²) in [5.41, 5.74) is 0.383. The molecule has 0 aliphatic heterocycles. The Morgan fingerprint density at radius 2 is 1.72 bits per heavy atom. The highest BCUT2D eigenvalue weighted by atomic mass is 16.4. The van der Waals surface area contributed by atoms with Crippen LogP contribution in [-0.4, -0.2) is 23.0 Å². The van der Waals surface area contributed by atoms with Gasteiger partial charge >= 0.3 is 5.97 Å².